The molecule has 1 aliphatic rings. The molecule has 0 unspecified atom stereocenters. The second kappa shape index (κ2) is 9.57. The van der Waals surface area contributed by atoms with Crippen molar-refractivity contribution in [3.8, 4) is 5.69 Å². The van der Waals surface area contributed by atoms with Crippen LogP contribution >= 0.6 is 22.6 Å². The van der Waals surface area contributed by atoms with Crippen molar-refractivity contribution in [3.05, 3.63) is 102 Å². The lowest BCUT2D eigenvalue weighted by molar-refractivity contribution is -0.143. The molecule has 0 saturated carbocycles. The van der Waals surface area contributed by atoms with Crippen molar-refractivity contribution in [1.82, 2.24) is 19.8 Å². The van der Waals surface area contributed by atoms with Gasteiger partial charge >= 0.3 is 18.0 Å². The van der Waals surface area contributed by atoms with E-state index in [0.29, 0.717) is 42.8 Å². The zero-order chi connectivity index (χ0) is 29.1. The number of nitrogens with zero attached hydrogens (tertiary/aromatic N) is 5. The standard InChI is InChI=1S/C25H14F6IN5O3/c1-12-7-13(5-6-19(12)36-21(38)17-3-2-4-18(32)20(17)22(36)39)11-35-23(40)37(34-33-35)16-9-14(24(26,27)28)8-15(10-16)25(29,30)31/h2-10H,11H2,1H3. The summed E-state index contributed by atoms with van der Waals surface area (Å²) in [5.41, 5.74) is -3.23. The molecule has 0 spiro atoms. The van der Waals surface area contributed by atoms with Crippen molar-refractivity contribution in [1.29, 1.82) is 0 Å². The van der Waals surface area contributed by atoms with E-state index in [0.717, 1.165) is 9.58 Å². The summed E-state index contributed by atoms with van der Waals surface area (Å²) >= 11 is 1.97. The Hall–Kier alpha value is -4.02. The highest BCUT2D eigenvalue weighted by molar-refractivity contribution is 14.1. The Kier molecular flexibility index (Phi) is 6.59. The third kappa shape index (κ3) is 4.77. The first-order chi connectivity index (χ1) is 18.7. The van der Waals surface area contributed by atoms with Gasteiger partial charge in [-0.3, -0.25) is 9.59 Å². The monoisotopic (exact) mass is 673 g/mol. The molecular weight excluding hydrogens is 659 g/mol. The maximum atomic E-state index is 13.2. The van der Waals surface area contributed by atoms with Crippen molar-refractivity contribution in [2.45, 2.75) is 25.8 Å². The predicted molar refractivity (Wildman–Crippen MR) is 136 cm³/mol. The highest BCUT2D eigenvalue weighted by atomic mass is 127. The third-order valence-corrected chi connectivity index (χ3v) is 7.05. The number of aromatic nitrogens is 4. The molecule has 1 aromatic heterocycles. The summed E-state index contributed by atoms with van der Waals surface area (Å²) in [6.45, 7) is 1.39. The maximum absolute atomic E-state index is 13.2. The topological polar surface area (TPSA) is 90.1 Å². The number of imide groups is 1. The molecule has 2 amide bonds. The van der Waals surface area contributed by atoms with Gasteiger partial charge in [0.25, 0.3) is 11.8 Å². The Bertz CT molecular complexity index is 1730. The minimum atomic E-state index is -5.10. The van der Waals surface area contributed by atoms with E-state index in [4.69, 9.17) is 0 Å². The summed E-state index contributed by atoms with van der Waals surface area (Å²) in [5, 5.41) is 7.06. The van der Waals surface area contributed by atoms with Crippen molar-refractivity contribution in [3.63, 3.8) is 0 Å². The first-order valence-corrected chi connectivity index (χ1v) is 12.3. The molecule has 8 nitrogen and oxygen atoms in total. The number of carbonyl (C=O) groups is 2. The van der Waals surface area contributed by atoms with Crippen LogP contribution in [-0.2, 0) is 18.9 Å². The number of carbonyl (C=O) groups excluding carboxylic acids is 2. The van der Waals surface area contributed by atoms with E-state index in [9.17, 15) is 40.7 Å². The molecule has 0 fully saturated rings. The van der Waals surface area contributed by atoms with Crippen LogP contribution in [-0.4, -0.2) is 31.6 Å². The molecule has 3 aromatic carbocycles. The molecule has 0 radical (unpaired) electrons. The number of tetrazole rings is 1. The summed E-state index contributed by atoms with van der Waals surface area (Å²) in [7, 11) is 0. The van der Waals surface area contributed by atoms with Gasteiger partial charge in [0.1, 0.15) is 0 Å². The van der Waals surface area contributed by atoms with Gasteiger partial charge < -0.3 is 0 Å². The zero-order valence-electron chi connectivity index (χ0n) is 20.0. The number of hydrogen-bond acceptors (Lipinski definition) is 5. The molecule has 0 N–H and O–H groups in total. The molecule has 2 heterocycles. The van der Waals surface area contributed by atoms with Gasteiger partial charge in [0.2, 0.25) is 0 Å². The fourth-order valence-electron chi connectivity index (χ4n) is 4.30. The summed E-state index contributed by atoms with van der Waals surface area (Å²) in [5.74, 6) is -0.979. The van der Waals surface area contributed by atoms with Crippen LogP contribution in [0.2, 0.25) is 0 Å². The van der Waals surface area contributed by atoms with Crippen LogP contribution in [0.3, 0.4) is 0 Å². The van der Waals surface area contributed by atoms with Gasteiger partial charge in [-0.1, -0.05) is 18.2 Å². The van der Waals surface area contributed by atoms with Gasteiger partial charge in [-0.2, -0.15) is 35.7 Å². The summed E-state index contributed by atoms with van der Waals surface area (Å²) in [4.78, 5) is 39.8. The van der Waals surface area contributed by atoms with E-state index < -0.39 is 46.7 Å². The largest absolute Gasteiger partial charge is 0.416 e. The lowest BCUT2D eigenvalue weighted by Gasteiger charge is -2.17. The smallest absolute Gasteiger partial charge is 0.268 e. The minimum Gasteiger partial charge on any atom is -0.268 e. The number of amides is 2. The maximum Gasteiger partial charge on any atom is 0.416 e. The molecule has 0 aliphatic carbocycles. The molecule has 0 atom stereocenters. The SMILES string of the molecule is Cc1cc(Cn2nnn(-c3cc(C(F)(F)F)cc(C(F)(F)F)c3)c2=O)ccc1N1C(=O)c2cccc(I)c2C1=O. The number of hydrogen-bond donors (Lipinski definition) is 0. The number of fused-ring (bicyclic) bond motifs is 1. The number of halogens is 7. The van der Waals surface area contributed by atoms with Gasteiger partial charge in [-0.05, 0) is 87.5 Å². The van der Waals surface area contributed by atoms with Crippen LogP contribution in [0.25, 0.3) is 5.69 Å². The lowest BCUT2D eigenvalue weighted by atomic mass is 10.1. The molecule has 0 saturated heterocycles. The average molecular weight is 673 g/mol. The molecule has 4 aromatic rings. The average Bonchev–Trinajstić information content (AvgIpc) is 3.35. The van der Waals surface area contributed by atoms with Gasteiger partial charge in [-0.15, -0.1) is 0 Å². The van der Waals surface area contributed by atoms with E-state index >= 15 is 0 Å². The quantitative estimate of drug-likeness (QED) is 0.168. The minimum absolute atomic E-state index is 0.0570. The van der Waals surface area contributed by atoms with E-state index in [1.54, 1.807) is 31.2 Å². The number of aryl methyl sites for hydroxylation is 1. The third-order valence-electron chi connectivity index (χ3n) is 6.15. The fourth-order valence-corrected chi connectivity index (χ4v) is 5.03. The fraction of sp³-hybridized carbons (Fsp3) is 0.160. The molecular formula is C25H14F6IN5O3. The van der Waals surface area contributed by atoms with Crippen LogP contribution in [0.5, 0.6) is 0 Å². The zero-order valence-corrected chi connectivity index (χ0v) is 22.2. The van der Waals surface area contributed by atoms with Crippen molar-refractivity contribution >= 4 is 40.1 Å². The summed E-state index contributed by atoms with van der Waals surface area (Å²) in [6.07, 6.45) is -10.2. The van der Waals surface area contributed by atoms with Crippen LogP contribution < -0.4 is 10.6 Å². The lowest BCUT2D eigenvalue weighted by Crippen LogP contribution is -2.30. The summed E-state index contributed by atoms with van der Waals surface area (Å²) in [6, 6.07) is 10.2. The van der Waals surface area contributed by atoms with Crippen molar-refractivity contribution in [2.24, 2.45) is 0 Å². The van der Waals surface area contributed by atoms with Gasteiger partial charge in [0.15, 0.2) is 0 Å². The Balaban J connectivity index is 1.45. The van der Waals surface area contributed by atoms with Gasteiger partial charge in [0, 0.05) is 3.57 Å². The Morgan fingerprint density at radius 1 is 0.825 bits per heavy atom. The molecule has 1 aliphatic heterocycles. The molecule has 206 valence electrons. The Morgan fingerprint density at radius 3 is 2.05 bits per heavy atom. The van der Waals surface area contributed by atoms with Crippen molar-refractivity contribution in [2.75, 3.05) is 4.90 Å². The van der Waals surface area contributed by atoms with E-state index in [1.807, 2.05) is 22.6 Å². The van der Waals surface area contributed by atoms with E-state index in [-0.39, 0.29) is 18.2 Å². The van der Waals surface area contributed by atoms with Crippen LogP contribution in [0.1, 0.15) is 43.0 Å². The number of benzene rings is 3. The second-order valence-electron chi connectivity index (χ2n) is 8.82. The highest BCUT2D eigenvalue weighted by Crippen LogP contribution is 2.37. The van der Waals surface area contributed by atoms with Gasteiger partial charge in [-0.25, -0.2) is 9.69 Å². The first kappa shape index (κ1) is 27.5. The second-order valence-corrected chi connectivity index (χ2v) is 9.99. The van der Waals surface area contributed by atoms with E-state index in [1.165, 1.54) is 12.1 Å². The molecule has 40 heavy (non-hydrogen) atoms. The Morgan fingerprint density at radius 2 is 1.48 bits per heavy atom. The molecule has 0 bridgehead atoms. The number of rotatable bonds is 4. The van der Waals surface area contributed by atoms with Crippen LogP contribution in [0.4, 0.5) is 32.0 Å². The van der Waals surface area contributed by atoms with Crippen molar-refractivity contribution < 1.29 is 35.9 Å². The van der Waals surface area contributed by atoms with Gasteiger partial charge in [0.05, 0.1) is 40.2 Å². The van der Waals surface area contributed by atoms with E-state index in [2.05, 4.69) is 10.4 Å². The normalized spacial score (nSPS) is 13.8. The van der Waals surface area contributed by atoms with Crippen LogP contribution in [0.15, 0.2) is 59.4 Å². The predicted octanol–water partition coefficient (Wildman–Crippen LogP) is 5.23. The summed E-state index contributed by atoms with van der Waals surface area (Å²) < 4.78 is 81.1. The molecule has 5 rings (SSSR count). The highest BCUT2D eigenvalue weighted by Gasteiger charge is 2.39. The molecule has 15 heteroatoms. The number of alkyl halides is 6. The first-order valence-electron chi connectivity index (χ1n) is 11.3. The Labute approximate surface area is 233 Å². The number of anilines is 1. The van der Waals surface area contributed by atoms with Crippen LogP contribution in [0, 0.1) is 10.5 Å².